The fourth-order valence-electron chi connectivity index (χ4n) is 2.49. The van der Waals surface area contributed by atoms with Gasteiger partial charge in [0.1, 0.15) is 5.82 Å². The Labute approximate surface area is 110 Å². The first-order chi connectivity index (χ1) is 8.81. The maximum absolute atomic E-state index is 4.29. The Morgan fingerprint density at radius 1 is 1.44 bits per heavy atom. The molecule has 1 saturated heterocycles. The Kier molecular flexibility index (Phi) is 4.81. The summed E-state index contributed by atoms with van der Waals surface area (Å²) < 4.78 is 0. The minimum atomic E-state index is 0.565. The quantitative estimate of drug-likeness (QED) is 0.839. The number of pyridine rings is 1. The largest absolute Gasteiger partial charge is 0.381 e. The molecule has 0 aliphatic carbocycles. The van der Waals surface area contributed by atoms with Gasteiger partial charge in [-0.2, -0.15) is 0 Å². The standard InChI is InChI=1S/C14H24N4/c1-3-15-14-10-12(7-8-16-14)17-13-6-5-9-18(4-2)11-13/h7-8,10,13H,3-6,9,11H2,1-2H3,(H2,15,16,17). The van der Waals surface area contributed by atoms with E-state index in [-0.39, 0.29) is 0 Å². The van der Waals surface area contributed by atoms with Gasteiger partial charge in [-0.25, -0.2) is 4.98 Å². The Bertz CT molecular complexity index is 367. The van der Waals surface area contributed by atoms with Gasteiger partial charge in [0.25, 0.3) is 0 Å². The van der Waals surface area contributed by atoms with Gasteiger partial charge in [0.2, 0.25) is 0 Å². The molecule has 1 aromatic heterocycles. The van der Waals surface area contributed by atoms with Crippen LogP contribution in [0.5, 0.6) is 0 Å². The summed E-state index contributed by atoms with van der Waals surface area (Å²) in [4.78, 5) is 6.80. The molecule has 0 spiro atoms. The fourth-order valence-corrected chi connectivity index (χ4v) is 2.49. The molecule has 2 rings (SSSR count). The van der Waals surface area contributed by atoms with Crippen LogP contribution in [0.2, 0.25) is 0 Å². The average Bonchev–Trinajstić information content (AvgIpc) is 2.40. The van der Waals surface area contributed by atoms with Crippen molar-refractivity contribution in [3.8, 4) is 0 Å². The van der Waals surface area contributed by atoms with Gasteiger partial charge in [0.05, 0.1) is 0 Å². The summed E-state index contributed by atoms with van der Waals surface area (Å²) in [6.07, 6.45) is 4.41. The molecular weight excluding hydrogens is 224 g/mol. The van der Waals surface area contributed by atoms with Crippen LogP contribution < -0.4 is 10.6 Å². The third-order valence-corrected chi connectivity index (χ3v) is 3.44. The van der Waals surface area contributed by atoms with Gasteiger partial charge in [-0.1, -0.05) is 6.92 Å². The van der Waals surface area contributed by atoms with Gasteiger partial charge < -0.3 is 15.5 Å². The van der Waals surface area contributed by atoms with Crippen molar-refractivity contribution in [2.75, 3.05) is 36.8 Å². The number of hydrogen-bond acceptors (Lipinski definition) is 4. The molecule has 4 nitrogen and oxygen atoms in total. The highest BCUT2D eigenvalue weighted by Crippen LogP contribution is 2.17. The topological polar surface area (TPSA) is 40.2 Å². The molecule has 2 heterocycles. The highest BCUT2D eigenvalue weighted by atomic mass is 15.2. The maximum atomic E-state index is 4.29. The van der Waals surface area contributed by atoms with Gasteiger partial charge in [0.15, 0.2) is 0 Å². The van der Waals surface area contributed by atoms with Gasteiger partial charge >= 0.3 is 0 Å². The number of piperidine rings is 1. The minimum absolute atomic E-state index is 0.565. The lowest BCUT2D eigenvalue weighted by atomic mass is 10.1. The number of rotatable bonds is 5. The van der Waals surface area contributed by atoms with E-state index >= 15 is 0 Å². The number of nitrogens with zero attached hydrogens (tertiary/aromatic N) is 2. The first-order valence-corrected chi connectivity index (χ1v) is 7.00. The summed E-state index contributed by atoms with van der Waals surface area (Å²) in [5, 5.41) is 6.87. The lowest BCUT2D eigenvalue weighted by Gasteiger charge is -2.32. The van der Waals surface area contributed by atoms with Crippen LogP contribution >= 0.6 is 0 Å². The Balaban J connectivity index is 1.93. The van der Waals surface area contributed by atoms with E-state index in [4.69, 9.17) is 0 Å². The van der Waals surface area contributed by atoms with E-state index in [0.29, 0.717) is 6.04 Å². The first-order valence-electron chi connectivity index (χ1n) is 7.00. The lowest BCUT2D eigenvalue weighted by Crippen LogP contribution is -2.41. The molecule has 0 saturated carbocycles. The predicted octanol–water partition coefficient (Wildman–Crippen LogP) is 2.41. The van der Waals surface area contributed by atoms with Crippen molar-refractivity contribution in [3.63, 3.8) is 0 Å². The van der Waals surface area contributed by atoms with E-state index in [1.54, 1.807) is 0 Å². The molecule has 0 bridgehead atoms. The molecule has 1 unspecified atom stereocenters. The molecule has 0 radical (unpaired) electrons. The van der Waals surface area contributed by atoms with Crippen molar-refractivity contribution in [1.29, 1.82) is 0 Å². The molecule has 18 heavy (non-hydrogen) atoms. The molecular formula is C14H24N4. The van der Waals surface area contributed by atoms with E-state index in [1.165, 1.54) is 25.1 Å². The van der Waals surface area contributed by atoms with E-state index in [9.17, 15) is 0 Å². The molecule has 2 N–H and O–H groups in total. The molecule has 1 fully saturated rings. The van der Waals surface area contributed by atoms with Crippen LogP contribution in [0.1, 0.15) is 26.7 Å². The summed E-state index contributed by atoms with van der Waals surface area (Å²) in [6, 6.07) is 4.70. The zero-order valence-electron chi connectivity index (χ0n) is 11.4. The molecule has 4 heteroatoms. The Morgan fingerprint density at radius 2 is 2.33 bits per heavy atom. The second kappa shape index (κ2) is 6.59. The molecule has 0 amide bonds. The van der Waals surface area contributed by atoms with Gasteiger partial charge in [0, 0.05) is 37.1 Å². The number of likely N-dealkylation sites (N-methyl/N-ethyl adjacent to an activating group) is 1. The highest BCUT2D eigenvalue weighted by Gasteiger charge is 2.18. The zero-order valence-corrected chi connectivity index (χ0v) is 11.4. The molecule has 1 aromatic rings. The van der Waals surface area contributed by atoms with Crippen LogP contribution in [-0.2, 0) is 0 Å². The van der Waals surface area contributed by atoms with E-state index in [1.807, 2.05) is 12.3 Å². The molecule has 1 aliphatic rings. The lowest BCUT2D eigenvalue weighted by molar-refractivity contribution is 0.227. The molecule has 100 valence electrons. The highest BCUT2D eigenvalue weighted by molar-refractivity contribution is 5.52. The SMILES string of the molecule is CCNc1cc(NC2CCCN(CC)C2)ccn1. The zero-order chi connectivity index (χ0) is 12.8. The Morgan fingerprint density at radius 3 is 3.11 bits per heavy atom. The molecule has 0 aromatic carbocycles. The predicted molar refractivity (Wildman–Crippen MR) is 77.2 cm³/mol. The van der Waals surface area contributed by atoms with Crippen LogP contribution in [0.4, 0.5) is 11.5 Å². The third kappa shape index (κ3) is 3.60. The Hall–Kier alpha value is -1.29. The number of hydrogen-bond donors (Lipinski definition) is 2. The molecule has 1 aliphatic heterocycles. The summed E-state index contributed by atoms with van der Waals surface area (Å²) in [5.41, 5.74) is 1.17. The van der Waals surface area contributed by atoms with Crippen LogP contribution in [0.25, 0.3) is 0 Å². The van der Waals surface area contributed by atoms with Gasteiger partial charge in [-0.3, -0.25) is 0 Å². The van der Waals surface area contributed by atoms with Crippen molar-refractivity contribution in [2.45, 2.75) is 32.7 Å². The second-order valence-electron chi connectivity index (χ2n) is 4.84. The summed E-state index contributed by atoms with van der Waals surface area (Å²) in [5.74, 6) is 0.950. The number of nitrogens with one attached hydrogen (secondary N) is 2. The summed E-state index contributed by atoms with van der Waals surface area (Å²) >= 11 is 0. The number of anilines is 2. The smallest absolute Gasteiger partial charge is 0.127 e. The van der Waals surface area contributed by atoms with Crippen molar-refractivity contribution >= 4 is 11.5 Å². The first kappa shape index (κ1) is 13.1. The normalized spacial score (nSPS) is 20.7. The number of likely N-dealkylation sites (tertiary alicyclic amines) is 1. The van der Waals surface area contributed by atoms with E-state index in [2.05, 4.69) is 40.4 Å². The van der Waals surface area contributed by atoms with E-state index < -0.39 is 0 Å². The van der Waals surface area contributed by atoms with Crippen molar-refractivity contribution in [2.24, 2.45) is 0 Å². The van der Waals surface area contributed by atoms with Crippen LogP contribution in [0.15, 0.2) is 18.3 Å². The average molecular weight is 248 g/mol. The van der Waals surface area contributed by atoms with Crippen LogP contribution in [0, 0.1) is 0 Å². The minimum Gasteiger partial charge on any atom is -0.381 e. The monoisotopic (exact) mass is 248 g/mol. The van der Waals surface area contributed by atoms with Crippen LogP contribution in [0.3, 0.4) is 0 Å². The van der Waals surface area contributed by atoms with Crippen molar-refractivity contribution < 1.29 is 0 Å². The molecule has 1 atom stereocenters. The van der Waals surface area contributed by atoms with E-state index in [0.717, 1.165) is 25.5 Å². The number of aromatic nitrogens is 1. The van der Waals surface area contributed by atoms with Crippen molar-refractivity contribution in [1.82, 2.24) is 9.88 Å². The van der Waals surface area contributed by atoms with Gasteiger partial charge in [-0.05, 0) is 38.9 Å². The van der Waals surface area contributed by atoms with Crippen molar-refractivity contribution in [3.05, 3.63) is 18.3 Å². The summed E-state index contributed by atoms with van der Waals surface area (Å²) in [7, 11) is 0. The second-order valence-corrected chi connectivity index (χ2v) is 4.84. The van der Waals surface area contributed by atoms with Crippen LogP contribution in [-0.4, -0.2) is 42.1 Å². The summed E-state index contributed by atoms with van der Waals surface area (Å²) in [6.45, 7) is 8.77. The third-order valence-electron chi connectivity index (χ3n) is 3.44. The maximum Gasteiger partial charge on any atom is 0.127 e. The fraction of sp³-hybridized carbons (Fsp3) is 0.643. The van der Waals surface area contributed by atoms with Gasteiger partial charge in [-0.15, -0.1) is 0 Å².